The van der Waals surface area contributed by atoms with Crippen LogP contribution in [0.5, 0.6) is 0 Å². The number of carbonyl (C=O) groups excluding carboxylic acids is 1. The van der Waals surface area contributed by atoms with Gasteiger partial charge in [-0.05, 0) is 12.8 Å². The lowest BCUT2D eigenvalue weighted by atomic mass is 10.1. The van der Waals surface area contributed by atoms with Crippen LogP contribution >= 0.6 is 0 Å². The third-order valence-electron chi connectivity index (χ3n) is 4.15. The van der Waals surface area contributed by atoms with Gasteiger partial charge in [-0.25, -0.2) is 4.79 Å². The van der Waals surface area contributed by atoms with E-state index in [2.05, 4.69) is 14.0 Å². The van der Waals surface area contributed by atoms with Crippen molar-refractivity contribution in [3.63, 3.8) is 0 Å². The Morgan fingerprint density at radius 2 is 1.59 bits per heavy atom. The maximum Gasteiger partial charge on any atom is 0.313 e. The largest absolute Gasteiger partial charge is 0.313 e. The van der Waals surface area contributed by atoms with Crippen molar-refractivity contribution in [3.8, 4) is 0 Å². The molecule has 0 bridgehead atoms. The monoisotopic (exact) mass is 240 g/mol. The fourth-order valence-electron chi connectivity index (χ4n) is 2.81. The van der Waals surface area contributed by atoms with Gasteiger partial charge in [0.1, 0.15) is 0 Å². The topological polar surface area (TPSA) is 17.1 Å². The molecule has 0 aromatic carbocycles. The van der Waals surface area contributed by atoms with Crippen LogP contribution in [0.25, 0.3) is 0 Å². The molecule has 1 heterocycles. The van der Waals surface area contributed by atoms with Gasteiger partial charge in [-0.3, -0.25) is 4.48 Å². The Morgan fingerprint density at radius 3 is 2.12 bits per heavy atom. The van der Waals surface area contributed by atoms with Gasteiger partial charge in [0.2, 0.25) is 0 Å². The van der Waals surface area contributed by atoms with E-state index in [1.54, 1.807) is 0 Å². The summed E-state index contributed by atoms with van der Waals surface area (Å²) >= 11 is 0. The summed E-state index contributed by atoms with van der Waals surface area (Å²) in [6.07, 6.45) is 12.7. The minimum Gasteiger partial charge on any atom is -0.263 e. The molecule has 2 nitrogen and oxygen atoms in total. The third-order valence-corrected chi connectivity index (χ3v) is 4.15. The lowest BCUT2D eigenvalue weighted by molar-refractivity contribution is -0.826. The molecule has 0 aromatic rings. The molecule has 17 heavy (non-hydrogen) atoms. The number of nitrogens with zero attached hydrogens (tertiary/aromatic N) is 1. The second kappa shape index (κ2) is 7.86. The first-order valence-electron chi connectivity index (χ1n) is 7.57. The Balaban J connectivity index is 1.95. The molecule has 0 aromatic heterocycles. The molecule has 2 heteroatoms. The average Bonchev–Trinajstić information content (AvgIpc) is 2.63. The van der Waals surface area contributed by atoms with Crippen molar-refractivity contribution in [1.82, 2.24) is 0 Å². The fourth-order valence-corrected chi connectivity index (χ4v) is 2.81. The number of hydrogen-bond donors (Lipinski definition) is 0. The van der Waals surface area contributed by atoms with Gasteiger partial charge in [0.05, 0.1) is 26.6 Å². The Bertz CT molecular complexity index is 227. The first-order valence-corrected chi connectivity index (χ1v) is 7.57. The highest BCUT2D eigenvalue weighted by Gasteiger charge is 2.35. The molecule has 1 unspecified atom stereocenters. The predicted molar refractivity (Wildman–Crippen MR) is 72.8 cm³/mol. The van der Waals surface area contributed by atoms with E-state index in [1.807, 2.05) is 0 Å². The highest BCUT2D eigenvalue weighted by atomic mass is 16.2. The van der Waals surface area contributed by atoms with Gasteiger partial charge in [-0.2, -0.15) is 0 Å². The van der Waals surface area contributed by atoms with Crippen LogP contribution < -0.4 is 0 Å². The van der Waals surface area contributed by atoms with Crippen molar-refractivity contribution in [2.24, 2.45) is 0 Å². The number of carbonyl (C=O) groups is 1. The Labute approximate surface area is 107 Å². The molecule has 1 fully saturated rings. The normalized spacial score (nSPS) is 24.5. The van der Waals surface area contributed by atoms with Gasteiger partial charge >= 0.3 is 5.91 Å². The molecule has 0 radical (unpaired) electrons. The van der Waals surface area contributed by atoms with E-state index in [1.165, 1.54) is 51.4 Å². The number of likely N-dealkylation sites (tertiary alicyclic amines) is 1. The van der Waals surface area contributed by atoms with Gasteiger partial charge in [-0.1, -0.05) is 45.4 Å². The van der Waals surface area contributed by atoms with Crippen LogP contribution in [-0.4, -0.2) is 30.5 Å². The Hall–Kier alpha value is -0.370. The molecule has 0 saturated carbocycles. The zero-order valence-electron chi connectivity index (χ0n) is 11.8. The van der Waals surface area contributed by atoms with Crippen LogP contribution in [-0.2, 0) is 4.79 Å². The van der Waals surface area contributed by atoms with E-state index < -0.39 is 0 Å². The summed E-state index contributed by atoms with van der Waals surface area (Å²) in [7, 11) is 2.12. The summed E-state index contributed by atoms with van der Waals surface area (Å²) in [4.78, 5) is 11.7. The van der Waals surface area contributed by atoms with Crippen LogP contribution in [0.15, 0.2) is 0 Å². The lowest BCUT2D eigenvalue weighted by Gasteiger charge is -2.26. The van der Waals surface area contributed by atoms with E-state index in [4.69, 9.17) is 0 Å². The number of rotatable bonds is 9. The summed E-state index contributed by atoms with van der Waals surface area (Å²) in [5.74, 6) is 0.466. The number of unbranched alkanes of at least 4 members (excludes halogenated alkanes) is 7. The minimum atomic E-state index is 0.466. The predicted octanol–water partition coefficient (Wildman–Crippen LogP) is 3.89. The standard InChI is InChI=1S/C15H30NO/c1-3-4-5-6-7-8-9-10-13-16(2)14-11-12-15(16)17/h3-14H2,1-2H3/q+1. The van der Waals surface area contributed by atoms with Crippen LogP contribution in [0.3, 0.4) is 0 Å². The molecule has 1 rings (SSSR count). The molecule has 1 aliphatic rings. The zero-order chi connectivity index (χ0) is 12.6. The van der Waals surface area contributed by atoms with E-state index >= 15 is 0 Å². The lowest BCUT2D eigenvalue weighted by Crippen LogP contribution is -2.45. The van der Waals surface area contributed by atoms with Crippen molar-refractivity contribution < 1.29 is 9.28 Å². The Morgan fingerprint density at radius 1 is 1.00 bits per heavy atom. The van der Waals surface area contributed by atoms with Crippen molar-refractivity contribution in [2.75, 3.05) is 20.1 Å². The molecular formula is C15H30NO+. The second-order valence-electron chi connectivity index (χ2n) is 5.82. The minimum absolute atomic E-state index is 0.466. The summed E-state index contributed by atoms with van der Waals surface area (Å²) in [5.41, 5.74) is 0. The van der Waals surface area contributed by atoms with Crippen molar-refractivity contribution in [3.05, 3.63) is 0 Å². The molecule has 0 aliphatic carbocycles. The van der Waals surface area contributed by atoms with Crippen molar-refractivity contribution >= 4 is 5.91 Å². The summed E-state index contributed by atoms with van der Waals surface area (Å²) in [6, 6.07) is 0. The molecule has 1 saturated heterocycles. The van der Waals surface area contributed by atoms with Gasteiger partial charge in [-0.15, -0.1) is 0 Å². The molecule has 1 atom stereocenters. The highest BCUT2D eigenvalue weighted by Crippen LogP contribution is 2.19. The van der Waals surface area contributed by atoms with E-state index in [0.717, 1.165) is 30.4 Å². The van der Waals surface area contributed by atoms with E-state index in [9.17, 15) is 4.79 Å². The fraction of sp³-hybridized carbons (Fsp3) is 0.933. The van der Waals surface area contributed by atoms with Crippen LogP contribution in [0.4, 0.5) is 0 Å². The first kappa shape index (κ1) is 14.7. The number of hydrogen-bond acceptors (Lipinski definition) is 1. The molecule has 1 aliphatic heterocycles. The quantitative estimate of drug-likeness (QED) is 0.441. The molecule has 1 amide bonds. The average molecular weight is 240 g/mol. The van der Waals surface area contributed by atoms with Crippen molar-refractivity contribution in [1.29, 1.82) is 0 Å². The molecule has 0 spiro atoms. The van der Waals surface area contributed by atoms with Gasteiger partial charge in [0.25, 0.3) is 0 Å². The number of quaternary nitrogens is 1. The summed E-state index contributed by atoms with van der Waals surface area (Å²) in [5, 5.41) is 0. The summed E-state index contributed by atoms with van der Waals surface area (Å²) in [6.45, 7) is 4.42. The van der Waals surface area contributed by atoms with Crippen molar-refractivity contribution in [2.45, 2.75) is 71.1 Å². The SMILES string of the molecule is CCCCCCCCCC[N+]1(C)CCCC1=O. The second-order valence-corrected chi connectivity index (χ2v) is 5.82. The van der Waals surface area contributed by atoms with Crippen LogP contribution in [0.2, 0.25) is 0 Å². The maximum atomic E-state index is 11.7. The third kappa shape index (κ3) is 5.20. The smallest absolute Gasteiger partial charge is 0.263 e. The molecule has 100 valence electrons. The first-order chi connectivity index (χ1) is 8.19. The molecular weight excluding hydrogens is 210 g/mol. The zero-order valence-corrected chi connectivity index (χ0v) is 11.8. The van der Waals surface area contributed by atoms with E-state index in [0.29, 0.717) is 5.91 Å². The van der Waals surface area contributed by atoms with Gasteiger partial charge in [0.15, 0.2) is 0 Å². The van der Waals surface area contributed by atoms with Gasteiger partial charge in [0, 0.05) is 6.42 Å². The highest BCUT2D eigenvalue weighted by molar-refractivity contribution is 5.70. The van der Waals surface area contributed by atoms with E-state index in [-0.39, 0.29) is 0 Å². The maximum absolute atomic E-state index is 11.7. The van der Waals surface area contributed by atoms with Gasteiger partial charge < -0.3 is 0 Å². The molecule has 0 N–H and O–H groups in total. The summed E-state index contributed by atoms with van der Waals surface area (Å²) < 4.78 is 0.718. The Kier molecular flexibility index (Phi) is 6.79. The number of amides is 1. The van der Waals surface area contributed by atoms with Crippen LogP contribution in [0, 0.1) is 0 Å². The van der Waals surface area contributed by atoms with Crippen LogP contribution in [0.1, 0.15) is 71.1 Å².